The Morgan fingerprint density at radius 3 is 2.14 bits per heavy atom. The average Bonchev–Trinajstić information content (AvgIpc) is 2.53. The van der Waals surface area contributed by atoms with Gasteiger partial charge in [-0.15, -0.1) is 0 Å². The number of hydrogen-bond acceptors (Lipinski definition) is 3. The van der Waals surface area contributed by atoms with Crippen LogP contribution >= 0.6 is 0 Å². The maximum atomic E-state index is 12.6. The van der Waals surface area contributed by atoms with E-state index >= 15 is 0 Å². The van der Waals surface area contributed by atoms with E-state index in [2.05, 4.69) is 23.6 Å². The van der Waals surface area contributed by atoms with Crippen LogP contribution in [0.3, 0.4) is 0 Å². The van der Waals surface area contributed by atoms with E-state index in [0.29, 0.717) is 11.9 Å². The first-order valence-corrected chi connectivity index (χ1v) is 8.90. The van der Waals surface area contributed by atoms with E-state index in [4.69, 9.17) is 5.73 Å². The molecule has 1 saturated carbocycles. The molecule has 0 aromatic heterocycles. The number of amides is 1. The highest BCUT2D eigenvalue weighted by Gasteiger charge is 2.30. The average molecular weight is 295 g/mol. The van der Waals surface area contributed by atoms with Crippen LogP contribution in [0.5, 0.6) is 0 Å². The number of rotatable bonds is 5. The lowest BCUT2D eigenvalue weighted by molar-refractivity contribution is -0.138. The molecular formula is C17H33N3O. The molecule has 21 heavy (non-hydrogen) atoms. The fourth-order valence-corrected chi connectivity index (χ4v) is 3.81. The van der Waals surface area contributed by atoms with Crippen molar-refractivity contribution in [1.82, 2.24) is 9.80 Å². The van der Waals surface area contributed by atoms with Crippen molar-refractivity contribution < 1.29 is 4.79 Å². The van der Waals surface area contributed by atoms with E-state index in [0.717, 1.165) is 57.8 Å². The summed E-state index contributed by atoms with van der Waals surface area (Å²) < 4.78 is 0. The molecule has 4 heteroatoms. The minimum Gasteiger partial charge on any atom is -0.342 e. The highest BCUT2D eigenvalue weighted by molar-refractivity contribution is 5.79. The Morgan fingerprint density at radius 2 is 1.62 bits per heavy atom. The maximum absolute atomic E-state index is 12.6. The summed E-state index contributed by atoms with van der Waals surface area (Å²) in [4.78, 5) is 17.2. The molecule has 0 atom stereocenters. The van der Waals surface area contributed by atoms with E-state index in [9.17, 15) is 4.79 Å². The number of likely N-dealkylation sites (tertiary alicyclic amines) is 1. The van der Waals surface area contributed by atoms with Crippen LogP contribution < -0.4 is 5.73 Å². The summed E-state index contributed by atoms with van der Waals surface area (Å²) in [5.74, 6) is 1.43. The van der Waals surface area contributed by atoms with Gasteiger partial charge in [0.2, 0.25) is 5.91 Å². The molecule has 0 aromatic carbocycles. The van der Waals surface area contributed by atoms with E-state index in [1.165, 1.54) is 19.4 Å². The lowest BCUT2D eigenvalue weighted by atomic mass is 9.85. The van der Waals surface area contributed by atoms with Crippen LogP contribution in [0.15, 0.2) is 0 Å². The van der Waals surface area contributed by atoms with Gasteiger partial charge in [-0.25, -0.2) is 0 Å². The second kappa shape index (κ2) is 8.14. The molecule has 2 N–H and O–H groups in total. The molecule has 0 spiro atoms. The summed E-state index contributed by atoms with van der Waals surface area (Å²) in [6.45, 7) is 9.87. The fraction of sp³-hybridized carbons (Fsp3) is 0.941. The van der Waals surface area contributed by atoms with Crippen molar-refractivity contribution in [3.8, 4) is 0 Å². The molecule has 4 nitrogen and oxygen atoms in total. The molecule has 0 bridgehead atoms. The Hall–Kier alpha value is -0.610. The second-order valence-corrected chi connectivity index (χ2v) is 6.87. The highest BCUT2D eigenvalue weighted by atomic mass is 16.2. The molecule has 1 amide bonds. The smallest absolute Gasteiger partial charge is 0.225 e. The minimum atomic E-state index is 0.254. The Labute approximate surface area is 130 Å². The predicted octanol–water partition coefficient (Wildman–Crippen LogP) is 2.08. The van der Waals surface area contributed by atoms with Gasteiger partial charge in [0.15, 0.2) is 0 Å². The van der Waals surface area contributed by atoms with Crippen LogP contribution in [0.1, 0.15) is 52.4 Å². The zero-order valence-corrected chi connectivity index (χ0v) is 13.9. The summed E-state index contributed by atoms with van der Waals surface area (Å²) in [5.41, 5.74) is 5.94. The van der Waals surface area contributed by atoms with Crippen molar-refractivity contribution in [1.29, 1.82) is 0 Å². The first kappa shape index (κ1) is 16.8. The van der Waals surface area contributed by atoms with Crippen LogP contribution in [-0.4, -0.2) is 54.5 Å². The van der Waals surface area contributed by atoms with Gasteiger partial charge >= 0.3 is 0 Å². The largest absolute Gasteiger partial charge is 0.342 e. The van der Waals surface area contributed by atoms with Gasteiger partial charge in [0.05, 0.1) is 0 Å². The minimum absolute atomic E-state index is 0.254. The van der Waals surface area contributed by atoms with Gasteiger partial charge in [-0.05, 0) is 57.5 Å². The zero-order valence-electron chi connectivity index (χ0n) is 13.9. The summed E-state index contributed by atoms with van der Waals surface area (Å²) in [7, 11) is 0. The third-order valence-electron chi connectivity index (χ3n) is 5.46. The number of nitrogens with zero attached hydrogens (tertiary/aromatic N) is 2. The first-order chi connectivity index (χ1) is 10.1. The van der Waals surface area contributed by atoms with Gasteiger partial charge in [-0.2, -0.15) is 0 Å². The third kappa shape index (κ3) is 4.68. The van der Waals surface area contributed by atoms with Crippen molar-refractivity contribution >= 4 is 5.91 Å². The SMILES string of the molecule is CCN(CC)CC1CCN(C(=O)C2CCC(N)CC2)CC1. The topological polar surface area (TPSA) is 49.6 Å². The molecule has 0 unspecified atom stereocenters. The Bertz CT molecular complexity index is 314. The number of piperidine rings is 1. The summed E-state index contributed by atoms with van der Waals surface area (Å²) in [6, 6.07) is 0.328. The molecular weight excluding hydrogens is 262 g/mol. The molecule has 2 rings (SSSR count). The van der Waals surface area contributed by atoms with Crippen molar-refractivity contribution in [2.75, 3.05) is 32.7 Å². The standard InChI is InChI=1S/C17H33N3O/c1-3-19(4-2)13-14-9-11-20(12-10-14)17(21)15-5-7-16(18)8-6-15/h14-16H,3-13,18H2,1-2H3. The van der Waals surface area contributed by atoms with E-state index in [1.54, 1.807) is 0 Å². The Morgan fingerprint density at radius 1 is 1.05 bits per heavy atom. The van der Waals surface area contributed by atoms with Crippen molar-refractivity contribution in [3.63, 3.8) is 0 Å². The van der Waals surface area contributed by atoms with Crippen molar-refractivity contribution in [2.24, 2.45) is 17.6 Å². The molecule has 0 aromatic rings. The molecule has 1 heterocycles. The normalized spacial score (nSPS) is 28.1. The monoisotopic (exact) mass is 295 g/mol. The predicted molar refractivity (Wildman–Crippen MR) is 87.0 cm³/mol. The van der Waals surface area contributed by atoms with Gasteiger partial charge < -0.3 is 15.5 Å². The van der Waals surface area contributed by atoms with Gasteiger partial charge in [-0.1, -0.05) is 13.8 Å². The van der Waals surface area contributed by atoms with Crippen LogP contribution in [-0.2, 0) is 4.79 Å². The summed E-state index contributed by atoms with van der Waals surface area (Å²) >= 11 is 0. The molecule has 122 valence electrons. The maximum Gasteiger partial charge on any atom is 0.225 e. The van der Waals surface area contributed by atoms with Gasteiger partial charge in [-0.3, -0.25) is 4.79 Å². The third-order valence-corrected chi connectivity index (χ3v) is 5.46. The van der Waals surface area contributed by atoms with Crippen LogP contribution in [0, 0.1) is 11.8 Å². The Kier molecular flexibility index (Phi) is 6.49. The van der Waals surface area contributed by atoms with Crippen LogP contribution in [0.4, 0.5) is 0 Å². The number of nitrogens with two attached hydrogens (primary N) is 1. The van der Waals surface area contributed by atoms with Crippen LogP contribution in [0.25, 0.3) is 0 Å². The molecule has 1 aliphatic carbocycles. The molecule has 0 radical (unpaired) electrons. The fourth-order valence-electron chi connectivity index (χ4n) is 3.81. The lowest BCUT2D eigenvalue weighted by Crippen LogP contribution is -2.45. The zero-order chi connectivity index (χ0) is 15.2. The van der Waals surface area contributed by atoms with Gasteiger partial charge in [0.25, 0.3) is 0 Å². The van der Waals surface area contributed by atoms with E-state index in [1.807, 2.05) is 0 Å². The quantitative estimate of drug-likeness (QED) is 0.845. The second-order valence-electron chi connectivity index (χ2n) is 6.87. The van der Waals surface area contributed by atoms with E-state index in [-0.39, 0.29) is 5.92 Å². The summed E-state index contributed by atoms with van der Waals surface area (Å²) in [6.07, 6.45) is 6.39. The van der Waals surface area contributed by atoms with Gasteiger partial charge in [0.1, 0.15) is 0 Å². The number of hydrogen-bond donors (Lipinski definition) is 1. The molecule has 2 fully saturated rings. The highest BCUT2D eigenvalue weighted by Crippen LogP contribution is 2.27. The first-order valence-electron chi connectivity index (χ1n) is 8.90. The lowest BCUT2D eigenvalue weighted by Gasteiger charge is -2.37. The van der Waals surface area contributed by atoms with E-state index < -0.39 is 0 Å². The molecule has 1 aliphatic heterocycles. The number of carbonyl (C=O) groups is 1. The Balaban J connectivity index is 1.74. The van der Waals surface area contributed by atoms with Crippen molar-refractivity contribution in [3.05, 3.63) is 0 Å². The number of carbonyl (C=O) groups excluding carboxylic acids is 1. The van der Waals surface area contributed by atoms with Crippen LogP contribution in [0.2, 0.25) is 0 Å². The summed E-state index contributed by atoms with van der Waals surface area (Å²) in [5, 5.41) is 0. The molecule has 1 saturated heterocycles. The van der Waals surface area contributed by atoms with Crippen molar-refractivity contribution in [2.45, 2.75) is 58.4 Å². The molecule has 2 aliphatic rings. The van der Waals surface area contributed by atoms with Gasteiger partial charge in [0, 0.05) is 31.6 Å².